The zero-order chi connectivity index (χ0) is 22.9. The summed E-state index contributed by atoms with van der Waals surface area (Å²) in [6.45, 7) is 0. The lowest BCUT2D eigenvalue weighted by atomic mass is 9.73. The first-order valence-electron chi connectivity index (χ1n) is 11.0. The highest BCUT2D eigenvalue weighted by atomic mass is 16.2. The van der Waals surface area contributed by atoms with Crippen LogP contribution in [0.3, 0.4) is 0 Å². The number of nitrogens with zero attached hydrogens (tertiary/aromatic N) is 2. The average molecular weight is 437 g/mol. The number of ketones is 1. The van der Waals surface area contributed by atoms with Crippen molar-refractivity contribution in [2.24, 2.45) is 5.73 Å². The van der Waals surface area contributed by atoms with Gasteiger partial charge in [0.15, 0.2) is 5.78 Å². The molecule has 0 saturated carbocycles. The maximum absolute atomic E-state index is 13.6. The molecule has 2 atom stereocenters. The molecular weight excluding hydrogens is 414 g/mol. The SMILES string of the molecule is NC(=O)c1ccc(N2C(=O)CC(c3ccncc3)C3=C2CC(c2ccccc2)CC3=O)cc1. The lowest BCUT2D eigenvalue weighted by Crippen LogP contribution is -2.41. The molecule has 5 rings (SSSR count). The Bertz CT molecular complexity index is 1250. The smallest absolute Gasteiger partial charge is 0.248 e. The fraction of sp³-hybridized carbons (Fsp3) is 0.185. The van der Waals surface area contributed by atoms with Crippen molar-refractivity contribution in [1.82, 2.24) is 4.98 Å². The average Bonchev–Trinajstić information content (AvgIpc) is 2.84. The molecule has 1 aliphatic heterocycles. The van der Waals surface area contributed by atoms with Crippen molar-refractivity contribution in [2.75, 3.05) is 4.90 Å². The maximum atomic E-state index is 13.6. The molecule has 33 heavy (non-hydrogen) atoms. The van der Waals surface area contributed by atoms with E-state index in [4.69, 9.17) is 5.73 Å². The topological polar surface area (TPSA) is 93.4 Å². The second kappa shape index (κ2) is 8.47. The van der Waals surface area contributed by atoms with Gasteiger partial charge in [-0.25, -0.2) is 0 Å². The van der Waals surface area contributed by atoms with Crippen molar-refractivity contribution in [3.05, 3.63) is 107 Å². The summed E-state index contributed by atoms with van der Waals surface area (Å²) < 4.78 is 0. The minimum absolute atomic E-state index is 0.00571. The Morgan fingerprint density at radius 2 is 1.55 bits per heavy atom. The Balaban J connectivity index is 1.63. The first-order chi connectivity index (χ1) is 16.0. The van der Waals surface area contributed by atoms with Gasteiger partial charge in [0.2, 0.25) is 11.8 Å². The largest absolute Gasteiger partial charge is 0.366 e. The number of Topliss-reactive ketones (excluding diaryl/α,β-unsaturated/α-hetero) is 1. The minimum Gasteiger partial charge on any atom is -0.366 e. The Labute approximate surface area is 191 Å². The highest BCUT2D eigenvalue weighted by Gasteiger charge is 2.42. The molecule has 2 N–H and O–H groups in total. The number of benzene rings is 2. The summed E-state index contributed by atoms with van der Waals surface area (Å²) in [6.07, 6.45) is 4.56. The van der Waals surface area contributed by atoms with Gasteiger partial charge in [-0.15, -0.1) is 0 Å². The third kappa shape index (κ3) is 3.84. The van der Waals surface area contributed by atoms with Crippen LogP contribution in [0.1, 0.15) is 52.6 Å². The number of carbonyl (C=O) groups excluding carboxylic acids is 3. The molecule has 1 aliphatic carbocycles. The van der Waals surface area contributed by atoms with Gasteiger partial charge in [0.05, 0.1) is 0 Å². The van der Waals surface area contributed by atoms with Gasteiger partial charge in [-0.05, 0) is 59.9 Å². The molecule has 2 unspecified atom stereocenters. The van der Waals surface area contributed by atoms with E-state index >= 15 is 0 Å². The lowest BCUT2D eigenvalue weighted by molar-refractivity contribution is -0.120. The summed E-state index contributed by atoms with van der Waals surface area (Å²) in [5.41, 5.74) is 9.82. The van der Waals surface area contributed by atoms with Crippen LogP contribution < -0.4 is 10.6 Å². The van der Waals surface area contributed by atoms with Crippen molar-refractivity contribution in [2.45, 2.75) is 31.1 Å². The van der Waals surface area contributed by atoms with Gasteiger partial charge in [0, 0.05) is 53.7 Å². The van der Waals surface area contributed by atoms with E-state index in [1.807, 2.05) is 42.5 Å². The second-order valence-corrected chi connectivity index (χ2v) is 8.48. The number of anilines is 1. The van der Waals surface area contributed by atoms with Gasteiger partial charge in [0.1, 0.15) is 0 Å². The van der Waals surface area contributed by atoms with Crippen molar-refractivity contribution in [3.63, 3.8) is 0 Å². The number of primary amides is 1. The number of aromatic nitrogens is 1. The molecule has 0 bridgehead atoms. The van der Waals surface area contributed by atoms with Gasteiger partial charge in [-0.1, -0.05) is 30.3 Å². The molecular formula is C27H23N3O3. The fourth-order valence-electron chi connectivity index (χ4n) is 4.95. The summed E-state index contributed by atoms with van der Waals surface area (Å²) in [5.74, 6) is -0.835. The molecule has 2 heterocycles. The highest BCUT2D eigenvalue weighted by Crippen LogP contribution is 2.46. The van der Waals surface area contributed by atoms with E-state index in [9.17, 15) is 14.4 Å². The maximum Gasteiger partial charge on any atom is 0.248 e. The molecule has 2 aliphatic rings. The van der Waals surface area contributed by atoms with Crippen molar-refractivity contribution >= 4 is 23.3 Å². The number of rotatable bonds is 4. The zero-order valence-electron chi connectivity index (χ0n) is 18.0. The van der Waals surface area contributed by atoms with Gasteiger partial charge >= 0.3 is 0 Å². The summed E-state index contributed by atoms with van der Waals surface area (Å²) in [6, 6.07) is 20.3. The number of carbonyl (C=O) groups is 3. The van der Waals surface area contributed by atoms with Crippen LogP contribution >= 0.6 is 0 Å². The summed E-state index contributed by atoms with van der Waals surface area (Å²) in [4.78, 5) is 44.3. The molecule has 6 nitrogen and oxygen atoms in total. The van der Waals surface area contributed by atoms with Crippen LogP contribution in [0.2, 0.25) is 0 Å². The normalized spacial score (nSPS) is 20.5. The Kier molecular flexibility index (Phi) is 5.34. The molecule has 3 aromatic rings. The number of hydrogen-bond acceptors (Lipinski definition) is 4. The fourth-order valence-corrected chi connectivity index (χ4v) is 4.95. The van der Waals surface area contributed by atoms with Gasteiger partial charge in [-0.2, -0.15) is 0 Å². The monoisotopic (exact) mass is 437 g/mol. The third-order valence-corrected chi connectivity index (χ3v) is 6.52. The molecule has 2 amide bonds. The van der Waals surface area contributed by atoms with Crippen LogP contribution in [-0.2, 0) is 9.59 Å². The minimum atomic E-state index is -0.527. The van der Waals surface area contributed by atoms with E-state index < -0.39 is 5.91 Å². The Morgan fingerprint density at radius 1 is 0.848 bits per heavy atom. The predicted molar refractivity (Wildman–Crippen MR) is 124 cm³/mol. The Morgan fingerprint density at radius 3 is 2.21 bits per heavy atom. The van der Waals surface area contributed by atoms with Crippen LogP contribution in [0.15, 0.2) is 90.4 Å². The number of allylic oxidation sites excluding steroid dienone is 2. The standard InChI is InChI=1S/C27H23N3O3/c28-27(33)19-6-8-21(9-7-19)30-23-14-20(17-4-2-1-3-5-17)15-24(31)26(23)22(16-25(30)32)18-10-12-29-13-11-18/h1-13,20,22H,14-16H2,(H2,28,33). The summed E-state index contributed by atoms with van der Waals surface area (Å²) in [5, 5.41) is 0. The third-order valence-electron chi connectivity index (χ3n) is 6.52. The summed E-state index contributed by atoms with van der Waals surface area (Å²) >= 11 is 0. The highest BCUT2D eigenvalue weighted by molar-refractivity contribution is 6.08. The van der Waals surface area contributed by atoms with Crippen LogP contribution in [0.25, 0.3) is 0 Å². The predicted octanol–water partition coefficient (Wildman–Crippen LogP) is 4.10. The second-order valence-electron chi connectivity index (χ2n) is 8.48. The molecule has 164 valence electrons. The van der Waals surface area contributed by atoms with E-state index in [1.165, 1.54) is 0 Å². The molecule has 2 aromatic carbocycles. The number of pyridine rings is 1. The van der Waals surface area contributed by atoms with Crippen molar-refractivity contribution in [1.29, 1.82) is 0 Å². The van der Waals surface area contributed by atoms with E-state index in [1.54, 1.807) is 41.6 Å². The summed E-state index contributed by atoms with van der Waals surface area (Å²) in [7, 11) is 0. The number of amides is 2. The van der Waals surface area contributed by atoms with Gasteiger partial charge < -0.3 is 5.73 Å². The van der Waals surface area contributed by atoms with Crippen molar-refractivity contribution < 1.29 is 14.4 Å². The first-order valence-corrected chi connectivity index (χ1v) is 11.0. The molecule has 0 saturated heterocycles. The van der Waals surface area contributed by atoms with E-state index in [-0.39, 0.29) is 29.9 Å². The number of hydrogen-bond donors (Lipinski definition) is 1. The van der Waals surface area contributed by atoms with Gasteiger partial charge in [-0.3, -0.25) is 24.3 Å². The van der Waals surface area contributed by atoms with Crippen LogP contribution in [0, 0.1) is 0 Å². The van der Waals surface area contributed by atoms with E-state index in [2.05, 4.69) is 4.98 Å². The number of nitrogens with two attached hydrogens (primary N) is 1. The molecule has 0 spiro atoms. The first kappa shape index (κ1) is 20.8. The van der Waals surface area contributed by atoms with Crippen LogP contribution in [0.4, 0.5) is 5.69 Å². The molecule has 0 fully saturated rings. The van der Waals surface area contributed by atoms with Crippen LogP contribution in [-0.4, -0.2) is 22.6 Å². The molecule has 6 heteroatoms. The van der Waals surface area contributed by atoms with E-state index in [0.717, 1.165) is 16.8 Å². The molecule has 0 radical (unpaired) electrons. The van der Waals surface area contributed by atoms with Crippen molar-refractivity contribution in [3.8, 4) is 0 Å². The quantitative estimate of drug-likeness (QED) is 0.665. The van der Waals surface area contributed by atoms with E-state index in [0.29, 0.717) is 29.7 Å². The Hall–Kier alpha value is -4.06. The lowest BCUT2D eigenvalue weighted by Gasteiger charge is -2.40. The van der Waals surface area contributed by atoms with Crippen LogP contribution in [0.5, 0.6) is 0 Å². The molecule has 1 aromatic heterocycles. The zero-order valence-corrected chi connectivity index (χ0v) is 18.0. The van der Waals surface area contributed by atoms with Gasteiger partial charge in [0.25, 0.3) is 0 Å².